The Balaban J connectivity index is 0.00000392. The highest BCUT2D eigenvalue weighted by molar-refractivity contribution is 14.0. The Morgan fingerprint density at radius 1 is 1.32 bits per heavy atom. The van der Waals surface area contributed by atoms with E-state index in [1.54, 1.807) is 0 Å². The van der Waals surface area contributed by atoms with E-state index in [0.29, 0.717) is 12.0 Å². The van der Waals surface area contributed by atoms with E-state index >= 15 is 0 Å². The van der Waals surface area contributed by atoms with Crippen molar-refractivity contribution >= 4 is 41.3 Å². The van der Waals surface area contributed by atoms with Crippen LogP contribution in [0.3, 0.4) is 0 Å². The van der Waals surface area contributed by atoms with Gasteiger partial charge in [0, 0.05) is 44.3 Å². The first-order valence-corrected chi connectivity index (χ1v) is 11.0. The number of nitrogens with one attached hydrogen (secondary N) is 2. The summed E-state index contributed by atoms with van der Waals surface area (Å²) in [5.41, 5.74) is 0. The Bertz CT molecular complexity index is 522. The largest absolute Gasteiger partial charge is 0.381 e. The van der Waals surface area contributed by atoms with Gasteiger partial charge in [-0.25, -0.2) is 0 Å². The lowest BCUT2D eigenvalue weighted by Gasteiger charge is -2.33. The summed E-state index contributed by atoms with van der Waals surface area (Å²) in [5.74, 6) is 1.47. The van der Waals surface area contributed by atoms with Crippen LogP contribution in [-0.2, 0) is 9.47 Å². The van der Waals surface area contributed by atoms with E-state index in [4.69, 9.17) is 14.5 Å². The molecule has 2 rings (SSSR count). The number of morpholine rings is 1. The van der Waals surface area contributed by atoms with E-state index in [1.165, 1.54) is 4.88 Å². The SMILES string of the molecule is CCNC(=NCC(c1cccs1)N1CCOCC1)NCCCOCC(C)C.I. The molecular formula is C20H37IN4O2S. The van der Waals surface area contributed by atoms with Gasteiger partial charge in [-0.2, -0.15) is 0 Å². The number of rotatable bonds is 11. The smallest absolute Gasteiger partial charge is 0.191 e. The average Bonchev–Trinajstić information content (AvgIpc) is 3.19. The van der Waals surface area contributed by atoms with Crippen molar-refractivity contribution in [1.82, 2.24) is 15.5 Å². The normalized spacial score (nSPS) is 16.6. The third-order valence-corrected chi connectivity index (χ3v) is 5.31. The van der Waals surface area contributed by atoms with E-state index in [1.807, 2.05) is 11.3 Å². The first-order valence-electron chi connectivity index (χ1n) is 10.2. The molecule has 1 aliphatic rings. The van der Waals surface area contributed by atoms with Gasteiger partial charge in [-0.1, -0.05) is 19.9 Å². The van der Waals surface area contributed by atoms with Crippen LogP contribution in [0.2, 0.25) is 0 Å². The standard InChI is InChI=1S/C20H36N4O2S.HI/c1-4-21-20(22-8-6-11-26-16-17(2)3)23-15-18(19-7-5-14-27-19)24-9-12-25-13-10-24;/h5,7,14,17-18H,4,6,8-13,15-16H2,1-3H3,(H2,21,22,23);1H. The Morgan fingerprint density at radius 3 is 2.75 bits per heavy atom. The third kappa shape index (κ3) is 9.87. The topological polar surface area (TPSA) is 58.1 Å². The van der Waals surface area contributed by atoms with Crippen LogP contribution in [0, 0.1) is 5.92 Å². The van der Waals surface area contributed by atoms with Gasteiger partial charge in [-0.15, -0.1) is 35.3 Å². The number of guanidine groups is 1. The van der Waals surface area contributed by atoms with Gasteiger partial charge < -0.3 is 20.1 Å². The minimum absolute atomic E-state index is 0. The molecule has 2 heterocycles. The van der Waals surface area contributed by atoms with E-state index in [9.17, 15) is 0 Å². The van der Waals surface area contributed by atoms with Crippen molar-refractivity contribution in [3.63, 3.8) is 0 Å². The fraction of sp³-hybridized carbons (Fsp3) is 0.750. The zero-order valence-electron chi connectivity index (χ0n) is 17.5. The maximum atomic E-state index is 5.65. The minimum Gasteiger partial charge on any atom is -0.381 e. The zero-order valence-corrected chi connectivity index (χ0v) is 20.6. The highest BCUT2D eigenvalue weighted by Crippen LogP contribution is 2.26. The third-order valence-electron chi connectivity index (χ3n) is 4.33. The van der Waals surface area contributed by atoms with Crippen molar-refractivity contribution in [1.29, 1.82) is 0 Å². The van der Waals surface area contributed by atoms with E-state index < -0.39 is 0 Å². The van der Waals surface area contributed by atoms with Crippen molar-refractivity contribution in [2.75, 3.05) is 59.2 Å². The van der Waals surface area contributed by atoms with Crippen LogP contribution in [-0.4, -0.2) is 70.0 Å². The molecule has 0 aromatic carbocycles. The molecule has 1 unspecified atom stereocenters. The number of hydrogen-bond donors (Lipinski definition) is 2. The van der Waals surface area contributed by atoms with Crippen LogP contribution in [0.15, 0.2) is 22.5 Å². The minimum atomic E-state index is 0. The molecule has 0 aliphatic carbocycles. The second-order valence-corrected chi connectivity index (χ2v) is 8.13. The Morgan fingerprint density at radius 2 is 2.11 bits per heavy atom. The number of halogens is 1. The summed E-state index contributed by atoms with van der Waals surface area (Å²) in [6.45, 7) is 14.1. The zero-order chi connectivity index (χ0) is 19.3. The fourth-order valence-electron chi connectivity index (χ4n) is 2.97. The van der Waals surface area contributed by atoms with Gasteiger partial charge in [-0.3, -0.25) is 9.89 Å². The molecule has 0 radical (unpaired) electrons. The molecule has 1 atom stereocenters. The summed E-state index contributed by atoms with van der Waals surface area (Å²) in [7, 11) is 0. The van der Waals surface area contributed by atoms with E-state index in [2.05, 4.69) is 53.8 Å². The first-order chi connectivity index (χ1) is 13.2. The number of nitrogens with zero attached hydrogens (tertiary/aromatic N) is 2. The predicted octanol–water partition coefficient (Wildman–Crippen LogP) is 3.36. The van der Waals surface area contributed by atoms with E-state index in [0.717, 1.165) is 71.5 Å². The van der Waals surface area contributed by atoms with Gasteiger partial charge in [0.25, 0.3) is 0 Å². The molecule has 0 spiro atoms. The molecule has 0 bridgehead atoms. The molecule has 0 amide bonds. The van der Waals surface area contributed by atoms with E-state index in [-0.39, 0.29) is 24.0 Å². The van der Waals surface area contributed by atoms with Crippen molar-refractivity contribution in [3.05, 3.63) is 22.4 Å². The van der Waals surface area contributed by atoms with Gasteiger partial charge in [0.2, 0.25) is 0 Å². The molecule has 28 heavy (non-hydrogen) atoms. The van der Waals surface area contributed by atoms with Crippen molar-refractivity contribution in [3.8, 4) is 0 Å². The molecule has 8 heteroatoms. The highest BCUT2D eigenvalue weighted by atomic mass is 127. The summed E-state index contributed by atoms with van der Waals surface area (Å²) in [4.78, 5) is 8.73. The lowest BCUT2D eigenvalue weighted by Crippen LogP contribution is -2.41. The van der Waals surface area contributed by atoms with Crippen LogP contribution in [0.1, 0.15) is 38.1 Å². The average molecular weight is 525 g/mol. The van der Waals surface area contributed by atoms with Crippen LogP contribution in [0.25, 0.3) is 0 Å². The van der Waals surface area contributed by atoms with Crippen molar-refractivity contribution < 1.29 is 9.47 Å². The van der Waals surface area contributed by atoms with Gasteiger partial charge in [0.15, 0.2) is 5.96 Å². The predicted molar refractivity (Wildman–Crippen MR) is 129 cm³/mol. The molecule has 1 aromatic rings. The molecule has 1 aromatic heterocycles. The van der Waals surface area contributed by atoms with Crippen LogP contribution in [0.4, 0.5) is 0 Å². The number of aliphatic imine (C=N–C) groups is 1. The molecule has 6 nitrogen and oxygen atoms in total. The lowest BCUT2D eigenvalue weighted by atomic mass is 10.2. The Labute approximate surface area is 191 Å². The van der Waals surface area contributed by atoms with Crippen molar-refractivity contribution in [2.45, 2.75) is 33.2 Å². The lowest BCUT2D eigenvalue weighted by molar-refractivity contribution is 0.0186. The van der Waals surface area contributed by atoms with Gasteiger partial charge in [0.1, 0.15) is 0 Å². The molecular weight excluding hydrogens is 487 g/mol. The summed E-state index contributed by atoms with van der Waals surface area (Å²) >= 11 is 1.81. The maximum Gasteiger partial charge on any atom is 0.191 e. The number of hydrogen-bond acceptors (Lipinski definition) is 5. The first kappa shape index (κ1) is 25.6. The molecule has 2 N–H and O–H groups in total. The molecule has 0 saturated carbocycles. The number of ether oxygens (including phenoxy) is 2. The van der Waals surface area contributed by atoms with Crippen LogP contribution in [0.5, 0.6) is 0 Å². The second kappa shape index (κ2) is 15.4. The Kier molecular flexibility index (Phi) is 14.1. The highest BCUT2D eigenvalue weighted by Gasteiger charge is 2.23. The van der Waals surface area contributed by atoms with Gasteiger partial charge in [0.05, 0.1) is 25.8 Å². The molecule has 162 valence electrons. The molecule has 1 fully saturated rings. The van der Waals surface area contributed by atoms with Crippen molar-refractivity contribution in [2.24, 2.45) is 10.9 Å². The Hall–Kier alpha value is -0.420. The summed E-state index contributed by atoms with van der Waals surface area (Å²) < 4.78 is 11.2. The molecule has 1 saturated heterocycles. The van der Waals surface area contributed by atoms with Gasteiger partial charge >= 0.3 is 0 Å². The molecule has 1 aliphatic heterocycles. The maximum absolute atomic E-state index is 5.65. The van der Waals surface area contributed by atoms with Gasteiger partial charge in [-0.05, 0) is 30.7 Å². The summed E-state index contributed by atoms with van der Waals surface area (Å²) in [5, 5.41) is 8.93. The summed E-state index contributed by atoms with van der Waals surface area (Å²) in [6, 6.07) is 4.66. The quantitative estimate of drug-likeness (QED) is 0.201. The fourth-order valence-corrected chi connectivity index (χ4v) is 3.83. The summed E-state index contributed by atoms with van der Waals surface area (Å²) in [6.07, 6.45) is 0.981. The van der Waals surface area contributed by atoms with Crippen LogP contribution < -0.4 is 10.6 Å². The monoisotopic (exact) mass is 524 g/mol. The second-order valence-electron chi connectivity index (χ2n) is 7.15. The van der Waals surface area contributed by atoms with Crippen LogP contribution >= 0.6 is 35.3 Å². The number of thiophene rings is 1.